The summed E-state index contributed by atoms with van der Waals surface area (Å²) >= 11 is 0. The Balaban J connectivity index is 1.69. The third-order valence-corrected chi connectivity index (χ3v) is 3.05. The predicted molar refractivity (Wildman–Crippen MR) is 55.0 cm³/mol. The van der Waals surface area contributed by atoms with Crippen molar-refractivity contribution in [2.45, 2.75) is 25.3 Å². The van der Waals surface area contributed by atoms with Gasteiger partial charge >= 0.3 is 0 Å². The molecular formula is C10H21N3. The fourth-order valence-corrected chi connectivity index (χ4v) is 2.30. The first-order valence-electron chi connectivity index (χ1n) is 5.61. The van der Waals surface area contributed by atoms with Crippen molar-refractivity contribution in [1.82, 2.24) is 15.5 Å². The maximum atomic E-state index is 3.56. The monoisotopic (exact) mass is 183 g/mol. The smallest absolute Gasteiger partial charge is 0.0320 e. The lowest BCUT2D eigenvalue weighted by Gasteiger charge is -2.33. The van der Waals surface area contributed by atoms with E-state index in [9.17, 15) is 0 Å². The van der Waals surface area contributed by atoms with Crippen LogP contribution in [0, 0.1) is 0 Å². The molecule has 76 valence electrons. The number of nitrogens with one attached hydrogen (secondary N) is 2. The molecule has 13 heavy (non-hydrogen) atoms. The Morgan fingerprint density at radius 3 is 2.62 bits per heavy atom. The van der Waals surface area contributed by atoms with Crippen LogP contribution >= 0.6 is 0 Å². The van der Waals surface area contributed by atoms with Gasteiger partial charge in [0, 0.05) is 32.2 Å². The molecule has 0 saturated carbocycles. The number of likely N-dealkylation sites (tertiary alicyclic amines) is 1. The van der Waals surface area contributed by atoms with E-state index in [-0.39, 0.29) is 0 Å². The second-order valence-electron chi connectivity index (χ2n) is 4.22. The summed E-state index contributed by atoms with van der Waals surface area (Å²) in [5, 5.41) is 7.00. The number of piperazine rings is 1. The molecule has 2 saturated heterocycles. The minimum Gasteiger partial charge on any atom is -0.314 e. The Labute approximate surface area is 80.9 Å². The van der Waals surface area contributed by atoms with Crippen molar-refractivity contribution >= 4 is 0 Å². The van der Waals surface area contributed by atoms with Crippen molar-refractivity contribution in [3.63, 3.8) is 0 Å². The zero-order valence-corrected chi connectivity index (χ0v) is 8.39. The van der Waals surface area contributed by atoms with Crippen LogP contribution < -0.4 is 10.6 Å². The van der Waals surface area contributed by atoms with Crippen LogP contribution in [0.3, 0.4) is 0 Å². The van der Waals surface area contributed by atoms with E-state index < -0.39 is 0 Å². The SMILES string of the molecule is C1CCN(C[C@H]2CNCCN2)CC1. The van der Waals surface area contributed by atoms with Gasteiger partial charge in [0.1, 0.15) is 0 Å². The normalized spacial score (nSPS) is 31.8. The Bertz CT molecular complexity index is 121. The average molecular weight is 183 g/mol. The number of hydrogen-bond donors (Lipinski definition) is 2. The van der Waals surface area contributed by atoms with E-state index in [1.54, 1.807) is 0 Å². The largest absolute Gasteiger partial charge is 0.314 e. The minimum atomic E-state index is 0.687. The number of hydrogen-bond acceptors (Lipinski definition) is 3. The van der Waals surface area contributed by atoms with Crippen LogP contribution in [-0.2, 0) is 0 Å². The summed E-state index contributed by atoms with van der Waals surface area (Å²) in [6.07, 6.45) is 4.24. The molecule has 0 radical (unpaired) electrons. The van der Waals surface area contributed by atoms with Gasteiger partial charge in [-0.05, 0) is 25.9 Å². The van der Waals surface area contributed by atoms with Gasteiger partial charge in [-0.1, -0.05) is 6.42 Å². The van der Waals surface area contributed by atoms with Crippen molar-refractivity contribution in [1.29, 1.82) is 0 Å². The molecule has 2 rings (SSSR count). The molecule has 0 unspecified atom stereocenters. The predicted octanol–water partition coefficient (Wildman–Crippen LogP) is 0.0337. The topological polar surface area (TPSA) is 27.3 Å². The summed E-state index contributed by atoms with van der Waals surface area (Å²) in [5.74, 6) is 0. The summed E-state index contributed by atoms with van der Waals surface area (Å²) in [6, 6.07) is 0.687. The summed E-state index contributed by atoms with van der Waals surface area (Å²) in [6.45, 7) is 7.30. The van der Waals surface area contributed by atoms with Crippen molar-refractivity contribution in [3.05, 3.63) is 0 Å². The van der Waals surface area contributed by atoms with Crippen LogP contribution in [0.25, 0.3) is 0 Å². The van der Waals surface area contributed by atoms with Gasteiger partial charge in [0.05, 0.1) is 0 Å². The molecule has 0 bridgehead atoms. The summed E-state index contributed by atoms with van der Waals surface area (Å²) in [5.41, 5.74) is 0. The van der Waals surface area contributed by atoms with E-state index >= 15 is 0 Å². The lowest BCUT2D eigenvalue weighted by Crippen LogP contribution is -2.53. The van der Waals surface area contributed by atoms with Gasteiger partial charge in [0.15, 0.2) is 0 Å². The first-order valence-corrected chi connectivity index (χ1v) is 5.61. The van der Waals surface area contributed by atoms with Crippen LogP contribution in [0.2, 0.25) is 0 Å². The highest BCUT2D eigenvalue weighted by Crippen LogP contribution is 2.08. The zero-order valence-electron chi connectivity index (χ0n) is 8.39. The summed E-state index contributed by atoms with van der Waals surface area (Å²) < 4.78 is 0. The first kappa shape index (κ1) is 9.44. The van der Waals surface area contributed by atoms with Gasteiger partial charge in [-0.3, -0.25) is 0 Å². The van der Waals surface area contributed by atoms with Crippen LogP contribution in [-0.4, -0.2) is 50.2 Å². The van der Waals surface area contributed by atoms with E-state index in [1.165, 1.54) is 38.9 Å². The molecule has 3 heteroatoms. The van der Waals surface area contributed by atoms with Gasteiger partial charge < -0.3 is 15.5 Å². The third-order valence-electron chi connectivity index (χ3n) is 3.05. The number of piperidine rings is 1. The highest BCUT2D eigenvalue weighted by Gasteiger charge is 2.17. The van der Waals surface area contributed by atoms with Gasteiger partial charge in [-0.2, -0.15) is 0 Å². The number of nitrogens with zero attached hydrogens (tertiary/aromatic N) is 1. The van der Waals surface area contributed by atoms with Crippen LogP contribution in [0.4, 0.5) is 0 Å². The fraction of sp³-hybridized carbons (Fsp3) is 1.00. The van der Waals surface area contributed by atoms with E-state index in [4.69, 9.17) is 0 Å². The molecule has 0 aromatic heterocycles. The molecule has 0 aromatic rings. The van der Waals surface area contributed by atoms with Crippen LogP contribution in [0.1, 0.15) is 19.3 Å². The lowest BCUT2D eigenvalue weighted by atomic mass is 10.1. The molecule has 0 spiro atoms. The maximum absolute atomic E-state index is 3.56. The van der Waals surface area contributed by atoms with E-state index in [0.717, 1.165) is 19.6 Å². The van der Waals surface area contributed by atoms with Crippen LogP contribution in [0.15, 0.2) is 0 Å². The maximum Gasteiger partial charge on any atom is 0.0320 e. The molecule has 2 N–H and O–H groups in total. The van der Waals surface area contributed by atoms with E-state index in [2.05, 4.69) is 15.5 Å². The van der Waals surface area contributed by atoms with E-state index in [0.29, 0.717) is 6.04 Å². The summed E-state index contributed by atoms with van der Waals surface area (Å²) in [4.78, 5) is 2.61. The Morgan fingerprint density at radius 2 is 1.92 bits per heavy atom. The van der Waals surface area contributed by atoms with Gasteiger partial charge in [-0.15, -0.1) is 0 Å². The molecule has 2 fully saturated rings. The quantitative estimate of drug-likeness (QED) is 0.633. The highest BCUT2D eigenvalue weighted by atomic mass is 15.2. The Kier molecular flexibility index (Phi) is 3.58. The highest BCUT2D eigenvalue weighted by molar-refractivity contribution is 4.79. The molecule has 2 heterocycles. The lowest BCUT2D eigenvalue weighted by molar-refractivity contribution is 0.197. The van der Waals surface area contributed by atoms with E-state index in [1.807, 2.05) is 0 Å². The molecule has 2 aliphatic heterocycles. The molecule has 2 aliphatic rings. The standard InChI is InChI=1S/C10H21N3/c1-2-6-13(7-3-1)9-10-8-11-4-5-12-10/h10-12H,1-9H2/t10-/m1/s1. The van der Waals surface area contributed by atoms with Gasteiger partial charge in [-0.25, -0.2) is 0 Å². The molecule has 0 aromatic carbocycles. The van der Waals surface area contributed by atoms with Gasteiger partial charge in [0.25, 0.3) is 0 Å². The van der Waals surface area contributed by atoms with Crippen molar-refractivity contribution in [3.8, 4) is 0 Å². The third kappa shape index (κ3) is 2.93. The minimum absolute atomic E-state index is 0.687. The number of rotatable bonds is 2. The first-order chi connectivity index (χ1) is 6.45. The average Bonchev–Trinajstić information content (AvgIpc) is 2.21. The fourth-order valence-electron chi connectivity index (χ4n) is 2.30. The molecule has 3 nitrogen and oxygen atoms in total. The molecule has 0 amide bonds. The van der Waals surface area contributed by atoms with Crippen LogP contribution in [0.5, 0.6) is 0 Å². The Morgan fingerprint density at radius 1 is 1.08 bits per heavy atom. The van der Waals surface area contributed by atoms with Gasteiger partial charge in [0.2, 0.25) is 0 Å². The second-order valence-corrected chi connectivity index (χ2v) is 4.22. The molecule has 0 aliphatic carbocycles. The second kappa shape index (κ2) is 4.94. The Hall–Kier alpha value is -0.120. The summed E-state index contributed by atoms with van der Waals surface area (Å²) in [7, 11) is 0. The molecular weight excluding hydrogens is 162 g/mol. The van der Waals surface area contributed by atoms with Crippen molar-refractivity contribution in [2.75, 3.05) is 39.3 Å². The molecule has 1 atom stereocenters. The zero-order chi connectivity index (χ0) is 8.93. The van der Waals surface area contributed by atoms with Crippen molar-refractivity contribution < 1.29 is 0 Å². The van der Waals surface area contributed by atoms with Crippen molar-refractivity contribution in [2.24, 2.45) is 0 Å².